The Labute approximate surface area is 204 Å². The van der Waals surface area contributed by atoms with Crippen molar-refractivity contribution in [1.82, 2.24) is 0 Å². The fourth-order valence-corrected chi connectivity index (χ4v) is 3.77. The lowest BCUT2D eigenvalue weighted by Gasteiger charge is -2.39. The first kappa shape index (κ1) is 25.3. The van der Waals surface area contributed by atoms with E-state index < -0.39 is 43.3 Å². The van der Waals surface area contributed by atoms with Crippen molar-refractivity contribution in [2.24, 2.45) is 0 Å². The SMILES string of the molecule is COc1cc(-c2[o+]c3cc(O)cc(O)c3cc2O[C@@H]2O[C@H](COC(C)=O)[C@@H](O)[C@H](O)[C@H]2O)ccc1O. The zero-order valence-electron chi connectivity index (χ0n) is 19.2. The van der Waals surface area contributed by atoms with E-state index in [0.717, 1.165) is 13.0 Å². The van der Waals surface area contributed by atoms with Crippen molar-refractivity contribution in [3.63, 3.8) is 0 Å². The van der Waals surface area contributed by atoms with Gasteiger partial charge in [-0.15, -0.1) is 0 Å². The Morgan fingerprint density at radius 3 is 2.42 bits per heavy atom. The minimum absolute atomic E-state index is 0.0266. The lowest BCUT2D eigenvalue weighted by molar-refractivity contribution is -0.278. The first-order valence-corrected chi connectivity index (χ1v) is 10.8. The molecule has 0 spiro atoms. The smallest absolute Gasteiger partial charge is 0.402 e. The third-order valence-corrected chi connectivity index (χ3v) is 5.62. The number of ether oxygens (including phenoxy) is 4. The molecule has 6 N–H and O–H groups in total. The number of carbonyl (C=O) groups excluding carboxylic acids is 1. The summed E-state index contributed by atoms with van der Waals surface area (Å²) >= 11 is 0. The average Bonchev–Trinajstić information content (AvgIpc) is 2.83. The number of phenols is 3. The largest absolute Gasteiger partial charge is 0.507 e. The van der Waals surface area contributed by atoms with Crippen molar-refractivity contribution < 1.29 is 58.8 Å². The van der Waals surface area contributed by atoms with E-state index in [4.69, 9.17) is 23.4 Å². The van der Waals surface area contributed by atoms with E-state index in [9.17, 15) is 35.4 Å². The van der Waals surface area contributed by atoms with E-state index in [1.54, 1.807) is 0 Å². The molecular formula is C24H25O12+. The maximum atomic E-state index is 11.2. The number of aromatic hydroxyl groups is 3. The van der Waals surface area contributed by atoms with Gasteiger partial charge in [-0.1, -0.05) is 0 Å². The second-order valence-electron chi connectivity index (χ2n) is 8.14. The number of rotatable bonds is 6. The minimum Gasteiger partial charge on any atom is -0.507 e. The lowest BCUT2D eigenvalue weighted by atomic mass is 9.99. The van der Waals surface area contributed by atoms with Crippen LogP contribution < -0.4 is 9.47 Å². The highest BCUT2D eigenvalue weighted by Gasteiger charge is 2.46. The third-order valence-electron chi connectivity index (χ3n) is 5.62. The fourth-order valence-electron chi connectivity index (χ4n) is 3.77. The highest BCUT2D eigenvalue weighted by molar-refractivity contribution is 5.88. The van der Waals surface area contributed by atoms with Gasteiger partial charge in [0.2, 0.25) is 12.0 Å². The second kappa shape index (κ2) is 10.0. The molecule has 0 bridgehead atoms. The molecule has 2 aromatic carbocycles. The third kappa shape index (κ3) is 4.93. The zero-order valence-corrected chi connectivity index (χ0v) is 19.2. The Morgan fingerprint density at radius 1 is 0.972 bits per heavy atom. The molecule has 192 valence electrons. The maximum absolute atomic E-state index is 11.2. The van der Waals surface area contributed by atoms with E-state index in [2.05, 4.69) is 0 Å². The summed E-state index contributed by atoms with van der Waals surface area (Å²) in [6.07, 6.45) is -7.79. The topological polar surface area (TPSA) is 187 Å². The van der Waals surface area contributed by atoms with Gasteiger partial charge in [-0.25, -0.2) is 4.42 Å². The molecule has 0 saturated carbocycles. The molecule has 1 aromatic heterocycles. The summed E-state index contributed by atoms with van der Waals surface area (Å²) in [5.74, 6) is -1.31. The quantitative estimate of drug-likeness (QED) is 0.208. The van der Waals surface area contributed by atoms with Gasteiger partial charge in [0.15, 0.2) is 11.5 Å². The summed E-state index contributed by atoms with van der Waals surface area (Å²) in [6, 6.07) is 7.98. The molecule has 0 aliphatic carbocycles. The molecule has 12 nitrogen and oxygen atoms in total. The summed E-state index contributed by atoms with van der Waals surface area (Å²) in [4.78, 5) is 11.2. The van der Waals surface area contributed by atoms with Crippen LogP contribution in [0.25, 0.3) is 22.3 Å². The molecular weight excluding hydrogens is 480 g/mol. The van der Waals surface area contributed by atoms with E-state index >= 15 is 0 Å². The molecule has 5 atom stereocenters. The predicted octanol–water partition coefficient (Wildman–Crippen LogP) is 1.26. The number of carbonyl (C=O) groups is 1. The van der Waals surface area contributed by atoms with E-state index in [0.29, 0.717) is 5.56 Å². The first-order chi connectivity index (χ1) is 17.1. The minimum atomic E-state index is -1.72. The van der Waals surface area contributed by atoms with Crippen LogP contribution in [0.5, 0.6) is 28.7 Å². The summed E-state index contributed by atoms with van der Waals surface area (Å²) in [5, 5.41) is 61.4. The van der Waals surface area contributed by atoms with Crippen LogP contribution in [0.3, 0.4) is 0 Å². The van der Waals surface area contributed by atoms with Crippen molar-refractivity contribution in [1.29, 1.82) is 0 Å². The van der Waals surface area contributed by atoms with E-state index in [1.807, 2.05) is 0 Å². The van der Waals surface area contributed by atoms with Gasteiger partial charge in [-0.3, -0.25) is 4.79 Å². The second-order valence-corrected chi connectivity index (χ2v) is 8.14. The summed E-state index contributed by atoms with van der Waals surface area (Å²) in [7, 11) is 1.35. The van der Waals surface area contributed by atoms with Crippen molar-refractivity contribution in [2.45, 2.75) is 37.6 Å². The van der Waals surface area contributed by atoms with Crippen molar-refractivity contribution >= 4 is 16.9 Å². The molecule has 2 heterocycles. The molecule has 1 aliphatic rings. The molecule has 4 rings (SSSR count). The van der Waals surface area contributed by atoms with Crippen LogP contribution in [-0.4, -0.2) is 81.0 Å². The number of hydrogen-bond acceptors (Lipinski definition) is 11. The predicted molar refractivity (Wildman–Crippen MR) is 122 cm³/mol. The van der Waals surface area contributed by atoms with Gasteiger partial charge in [0, 0.05) is 25.1 Å². The average molecular weight is 505 g/mol. The number of methoxy groups -OCH3 is 1. The number of esters is 1. The van der Waals surface area contributed by atoms with Crippen molar-refractivity contribution in [3.05, 3.63) is 36.4 Å². The molecule has 1 saturated heterocycles. The highest BCUT2D eigenvalue weighted by Crippen LogP contribution is 2.42. The first-order valence-electron chi connectivity index (χ1n) is 10.8. The molecule has 0 unspecified atom stereocenters. The van der Waals surface area contributed by atoms with Crippen LogP contribution in [-0.2, 0) is 14.3 Å². The van der Waals surface area contributed by atoms with Crippen molar-refractivity contribution in [3.8, 4) is 40.1 Å². The number of aliphatic hydroxyl groups excluding tert-OH is 3. The molecule has 1 fully saturated rings. The van der Waals surface area contributed by atoms with Crippen LogP contribution in [0.4, 0.5) is 0 Å². The monoisotopic (exact) mass is 505 g/mol. The Balaban J connectivity index is 1.79. The molecule has 12 heteroatoms. The summed E-state index contributed by atoms with van der Waals surface area (Å²) in [6.45, 7) is 0.748. The number of phenolic OH excluding ortho intramolecular Hbond substituents is 3. The van der Waals surface area contributed by atoms with Crippen LogP contribution in [0.2, 0.25) is 0 Å². The zero-order chi connectivity index (χ0) is 26.1. The number of hydrogen-bond donors (Lipinski definition) is 6. The fraction of sp³-hybridized carbons (Fsp3) is 0.333. The van der Waals surface area contributed by atoms with Crippen LogP contribution in [0.15, 0.2) is 40.8 Å². The van der Waals surface area contributed by atoms with Gasteiger partial charge in [-0.05, 0) is 12.1 Å². The van der Waals surface area contributed by atoms with Crippen LogP contribution in [0.1, 0.15) is 6.92 Å². The summed E-state index contributed by atoms with van der Waals surface area (Å²) in [5.41, 5.74) is 0.418. The Hall–Kier alpha value is -3.84. The van der Waals surface area contributed by atoms with Crippen LogP contribution >= 0.6 is 0 Å². The molecule has 36 heavy (non-hydrogen) atoms. The van der Waals surface area contributed by atoms with Gasteiger partial charge in [0.25, 0.3) is 0 Å². The standard InChI is InChI=1S/C24H24O12/c1-10(25)33-9-19-20(29)21(30)22(31)24(36-19)35-18-8-13-15(28)6-12(26)7-16(13)34-23(18)11-3-4-14(27)17(5-11)32-2/h3-8,19-22,24,29-31H,9H2,1-2H3,(H2-,26,27,28)/p+1/t19-,20-,21+,22-,24-/m1/s1. The molecule has 0 amide bonds. The van der Waals surface area contributed by atoms with Gasteiger partial charge < -0.3 is 49.6 Å². The maximum Gasteiger partial charge on any atom is 0.402 e. The Bertz CT molecular complexity index is 1280. The Kier molecular flexibility index (Phi) is 7.04. The number of fused-ring (bicyclic) bond motifs is 1. The van der Waals surface area contributed by atoms with E-state index in [-0.39, 0.29) is 45.5 Å². The normalized spacial score (nSPS) is 23.9. The molecule has 3 aromatic rings. The number of aliphatic hydroxyl groups is 3. The number of benzene rings is 2. The van der Waals surface area contributed by atoms with E-state index in [1.165, 1.54) is 37.4 Å². The van der Waals surface area contributed by atoms with Gasteiger partial charge in [-0.2, -0.15) is 0 Å². The Morgan fingerprint density at radius 2 is 1.72 bits per heavy atom. The lowest BCUT2D eigenvalue weighted by Crippen LogP contribution is -2.60. The van der Waals surface area contributed by atoms with Gasteiger partial charge in [0.05, 0.1) is 18.7 Å². The van der Waals surface area contributed by atoms with Gasteiger partial charge >= 0.3 is 17.3 Å². The highest BCUT2D eigenvalue weighted by atomic mass is 16.7. The van der Waals surface area contributed by atoms with Gasteiger partial charge in [0.1, 0.15) is 47.9 Å². The molecule has 1 aliphatic heterocycles. The molecule has 0 radical (unpaired) electrons. The summed E-state index contributed by atoms with van der Waals surface area (Å²) < 4.78 is 27.4. The van der Waals surface area contributed by atoms with Crippen LogP contribution in [0, 0.1) is 0 Å². The van der Waals surface area contributed by atoms with Crippen molar-refractivity contribution in [2.75, 3.05) is 13.7 Å².